The van der Waals surface area contributed by atoms with Crippen LogP contribution in [0.4, 0.5) is 0 Å². The maximum atomic E-state index is 3.58. The van der Waals surface area contributed by atoms with Crippen molar-refractivity contribution in [1.82, 2.24) is 5.32 Å². The number of hydrogen-bond acceptors (Lipinski definition) is 1. The van der Waals surface area contributed by atoms with Gasteiger partial charge in [-0.15, -0.1) is 0 Å². The minimum atomic E-state index is 0.699. The molecule has 1 aliphatic rings. The van der Waals surface area contributed by atoms with Crippen molar-refractivity contribution in [2.45, 2.75) is 25.3 Å². The maximum Gasteiger partial charge on any atom is 0.0205 e. The first-order valence-electron chi connectivity index (χ1n) is 6.76. The van der Waals surface area contributed by atoms with E-state index in [1.54, 1.807) is 11.1 Å². The monoisotopic (exact) mass is 237 g/mol. The predicted molar refractivity (Wildman–Crippen MR) is 75.7 cm³/mol. The summed E-state index contributed by atoms with van der Waals surface area (Å²) in [6.07, 6.45) is 2.54. The summed E-state index contributed by atoms with van der Waals surface area (Å²) in [5.41, 5.74) is 4.46. The Morgan fingerprint density at radius 3 is 2.61 bits per heavy atom. The number of rotatable bonds is 4. The highest BCUT2D eigenvalue weighted by Gasteiger charge is 2.20. The molecule has 0 heterocycles. The van der Waals surface area contributed by atoms with E-state index in [2.05, 4.69) is 59.9 Å². The van der Waals surface area contributed by atoms with Crippen LogP contribution in [0, 0.1) is 0 Å². The molecule has 1 heteroatoms. The van der Waals surface area contributed by atoms with E-state index in [1.807, 2.05) is 0 Å². The lowest BCUT2D eigenvalue weighted by molar-refractivity contribution is 0.579. The summed E-state index contributed by atoms with van der Waals surface area (Å²) in [7, 11) is 0. The van der Waals surface area contributed by atoms with Gasteiger partial charge < -0.3 is 5.32 Å². The molecule has 2 aromatic rings. The molecule has 1 atom stereocenters. The molecule has 0 aromatic heterocycles. The van der Waals surface area contributed by atoms with Crippen LogP contribution in [0.15, 0.2) is 54.6 Å². The van der Waals surface area contributed by atoms with Gasteiger partial charge in [-0.05, 0) is 35.4 Å². The van der Waals surface area contributed by atoms with Crippen molar-refractivity contribution in [2.75, 3.05) is 6.54 Å². The molecule has 0 saturated carbocycles. The van der Waals surface area contributed by atoms with Crippen LogP contribution in [0.3, 0.4) is 0 Å². The van der Waals surface area contributed by atoms with Crippen LogP contribution in [-0.2, 0) is 13.0 Å². The summed E-state index contributed by atoms with van der Waals surface area (Å²) in [5.74, 6) is 0.699. The summed E-state index contributed by atoms with van der Waals surface area (Å²) in [4.78, 5) is 0. The van der Waals surface area contributed by atoms with Gasteiger partial charge in [0, 0.05) is 13.1 Å². The highest BCUT2D eigenvalue weighted by Crippen LogP contribution is 2.32. The largest absolute Gasteiger partial charge is 0.312 e. The second-order valence-corrected chi connectivity index (χ2v) is 5.05. The van der Waals surface area contributed by atoms with E-state index in [4.69, 9.17) is 0 Å². The highest BCUT2D eigenvalue weighted by atomic mass is 14.9. The molecule has 0 bridgehead atoms. The summed E-state index contributed by atoms with van der Waals surface area (Å²) >= 11 is 0. The molecule has 1 unspecified atom stereocenters. The van der Waals surface area contributed by atoms with E-state index in [1.165, 1.54) is 18.4 Å². The van der Waals surface area contributed by atoms with Crippen LogP contribution < -0.4 is 5.32 Å². The maximum absolute atomic E-state index is 3.58. The van der Waals surface area contributed by atoms with E-state index in [-0.39, 0.29) is 0 Å². The smallest absolute Gasteiger partial charge is 0.0205 e. The summed E-state index contributed by atoms with van der Waals surface area (Å²) in [6, 6.07) is 19.5. The van der Waals surface area contributed by atoms with Crippen LogP contribution in [0.25, 0.3) is 0 Å². The fourth-order valence-electron chi connectivity index (χ4n) is 2.84. The normalized spacial score (nSPS) is 17.7. The zero-order valence-corrected chi connectivity index (χ0v) is 10.6. The third-order valence-electron chi connectivity index (χ3n) is 3.82. The molecule has 1 aliphatic carbocycles. The SMILES string of the molecule is c1ccc(CNCC2CCc3ccccc32)cc1. The Hall–Kier alpha value is -1.60. The molecule has 92 valence electrons. The molecule has 0 saturated heterocycles. The van der Waals surface area contributed by atoms with Gasteiger partial charge >= 0.3 is 0 Å². The molecule has 2 aromatic carbocycles. The van der Waals surface area contributed by atoms with Gasteiger partial charge in [0.1, 0.15) is 0 Å². The first-order chi connectivity index (χ1) is 8.93. The standard InChI is InChI=1S/C17H19N/c1-2-6-14(7-3-1)12-18-13-16-11-10-15-8-4-5-9-17(15)16/h1-9,16,18H,10-13H2. The van der Waals surface area contributed by atoms with E-state index >= 15 is 0 Å². The van der Waals surface area contributed by atoms with Crippen molar-refractivity contribution >= 4 is 0 Å². The third kappa shape index (κ3) is 2.46. The van der Waals surface area contributed by atoms with Crippen LogP contribution in [-0.4, -0.2) is 6.54 Å². The molecular formula is C17H19N. The van der Waals surface area contributed by atoms with Crippen molar-refractivity contribution < 1.29 is 0 Å². The number of benzene rings is 2. The Kier molecular flexibility index (Phi) is 3.42. The zero-order valence-electron chi connectivity index (χ0n) is 10.6. The molecule has 0 radical (unpaired) electrons. The Morgan fingerprint density at radius 1 is 0.944 bits per heavy atom. The van der Waals surface area contributed by atoms with Crippen LogP contribution in [0.5, 0.6) is 0 Å². The molecule has 3 rings (SSSR count). The van der Waals surface area contributed by atoms with E-state index < -0.39 is 0 Å². The third-order valence-corrected chi connectivity index (χ3v) is 3.82. The average Bonchev–Trinajstić information content (AvgIpc) is 2.84. The van der Waals surface area contributed by atoms with Crippen LogP contribution >= 0.6 is 0 Å². The van der Waals surface area contributed by atoms with E-state index in [0.29, 0.717) is 5.92 Å². The Balaban J connectivity index is 1.56. The molecule has 18 heavy (non-hydrogen) atoms. The molecular weight excluding hydrogens is 218 g/mol. The summed E-state index contributed by atoms with van der Waals surface area (Å²) < 4.78 is 0. The minimum absolute atomic E-state index is 0.699. The fraction of sp³-hybridized carbons (Fsp3) is 0.294. The lowest BCUT2D eigenvalue weighted by Crippen LogP contribution is -2.19. The quantitative estimate of drug-likeness (QED) is 0.858. The van der Waals surface area contributed by atoms with Gasteiger partial charge in [-0.1, -0.05) is 54.6 Å². The van der Waals surface area contributed by atoms with Crippen molar-refractivity contribution in [3.63, 3.8) is 0 Å². The first-order valence-corrected chi connectivity index (χ1v) is 6.76. The number of hydrogen-bond donors (Lipinski definition) is 1. The van der Waals surface area contributed by atoms with Gasteiger partial charge in [0.25, 0.3) is 0 Å². The molecule has 0 amide bonds. The van der Waals surface area contributed by atoms with Crippen LogP contribution in [0.2, 0.25) is 0 Å². The lowest BCUT2D eigenvalue weighted by Gasteiger charge is -2.12. The molecule has 1 nitrogen and oxygen atoms in total. The second-order valence-electron chi connectivity index (χ2n) is 5.05. The van der Waals surface area contributed by atoms with E-state index in [0.717, 1.165) is 13.1 Å². The molecule has 1 N–H and O–H groups in total. The Morgan fingerprint density at radius 2 is 1.72 bits per heavy atom. The Labute approximate surface area is 109 Å². The molecule has 0 fully saturated rings. The van der Waals surface area contributed by atoms with Gasteiger partial charge in [0.2, 0.25) is 0 Å². The Bertz CT molecular complexity index is 504. The minimum Gasteiger partial charge on any atom is -0.312 e. The van der Waals surface area contributed by atoms with Gasteiger partial charge in [0.15, 0.2) is 0 Å². The topological polar surface area (TPSA) is 12.0 Å². The molecule has 0 spiro atoms. The van der Waals surface area contributed by atoms with Gasteiger partial charge in [0.05, 0.1) is 0 Å². The summed E-state index contributed by atoms with van der Waals surface area (Å²) in [5, 5.41) is 3.58. The van der Waals surface area contributed by atoms with Gasteiger partial charge in [-0.2, -0.15) is 0 Å². The van der Waals surface area contributed by atoms with Crippen molar-refractivity contribution in [3.05, 3.63) is 71.3 Å². The van der Waals surface area contributed by atoms with Crippen molar-refractivity contribution in [3.8, 4) is 0 Å². The molecule has 0 aliphatic heterocycles. The first kappa shape index (κ1) is 11.5. The second kappa shape index (κ2) is 5.36. The number of fused-ring (bicyclic) bond motifs is 1. The predicted octanol–water partition coefficient (Wildman–Crippen LogP) is 3.51. The van der Waals surface area contributed by atoms with Gasteiger partial charge in [-0.25, -0.2) is 0 Å². The fourth-order valence-corrected chi connectivity index (χ4v) is 2.84. The van der Waals surface area contributed by atoms with Crippen molar-refractivity contribution in [2.24, 2.45) is 0 Å². The van der Waals surface area contributed by atoms with Crippen molar-refractivity contribution in [1.29, 1.82) is 0 Å². The zero-order chi connectivity index (χ0) is 12.2. The number of aryl methyl sites for hydroxylation is 1. The average molecular weight is 237 g/mol. The summed E-state index contributed by atoms with van der Waals surface area (Å²) in [6.45, 7) is 2.06. The van der Waals surface area contributed by atoms with E-state index in [9.17, 15) is 0 Å². The van der Waals surface area contributed by atoms with Crippen LogP contribution in [0.1, 0.15) is 29.0 Å². The van der Waals surface area contributed by atoms with Gasteiger partial charge in [-0.3, -0.25) is 0 Å². The number of nitrogens with one attached hydrogen (secondary N) is 1. The lowest BCUT2D eigenvalue weighted by atomic mass is 10.0. The highest BCUT2D eigenvalue weighted by molar-refractivity contribution is 5.35.